The molecule has 5 rings (SSSR count). The molecule has 4 atom stereocenters. The van der Waals surface area contributed by atoms with Crippen molar-refractivity contribution in [2.45, 2.75) is 69.1 Å². The molecule has 15 heteroatoms. The van der Waals surface area contributed by atoms with Gasteiger partial charge in [0.1, 0.15) is 35.9 Å². The van der Waals surface area contributed by atoms with E-state index in [0.29, 0.717) is 24.1 Å². The van der Waals surface area contributed by atoms with Gasteiger partial charge >= 0.3 is 5.97 Å². The lowest BCUT2D eigenvalue weighted by Crippen LogP contribution is -2.61. The van der Waals surface area contributed by atoms with Crippen molar-refractivity contribution in [2.24, 2.45) is 0 Å². The SMILES string of the molecule is COC(=O)CC[C@H](NC(=O)CCl)C(=O)N1CCCC[C@H]1C(=O)N[C@@H](Cc1c[nH]c2ccccc12)C(=O)N[C@@H](Cc1ccc(F)cc1)C(=O)N(C)c1ccccc1. The number of piperidine rings is 1. The number of hydrogen-bond acceptors (Lipinski definition) is 7. The van der Waals surface area contributed by atoms with Crippen molar-refractivity contribution in [3.05, 3.63) is 102 Å². The Morgan fingerprint density at radius 2 is 1.61 bits per heavy atom. The molecule has 1 aliphatic heterocycles. The zero-order valence-corrected chi connectivity index (χ0v) is 32.0. The molecular weight excluding hydrogens is 743 g/mol. The third kappa shape index (κ3) is 10.7. The Morgan fingerprint density at radius 3 is 2.32 bits per heavy atom. The number of H-pyrrole nitrogens is 1. The summed E-state index contributed by atoms with van der Waals surface area (Å²) in [5.41, 5.74) is 2.74. The molecule has 0 aliphatic carbocycles. The molecule has 1 fully saturated rings. The first-order chi connectivity index (χ1) is 27.0. The Kier molecular flexibility index (Phi) is 14.6. The first kappa shape index (κ1) is 41.4. The number of likely N-dealkylation sites (tertiary alicyclic amines) is 1. The Bertz CT molecular complexity index is 2010. The van der Waals surface area contributed by atoms with Crippen molar-refractivity contribution in [1.29, 1.82) is 0 Å². The van der Waals surface area contributed by atoms with Crippen molar-refractivity contribution < 1.29 is 37.9 Å². The number of hydrogen-bond donors (Lipinski definition) is 4. The number of likely N-dealkylation sites (N-methyl/N-ethyl adjacent to an activating group) is 1. The van der Waals surface area contributed by atoms with Crippen LogP contribution in [0.5, 0.6) is 0 Å². The summed E-state index contributed by atoms with van der Waals surface area (Å²) in [5, 5.41) is 9.16. The third-order valence-electron chi connectivity index (χ3n) is 9.88. The molecule has 0 saturated carbocycles. The summed E-state index contributed by atoms with van der Waals surface area (Å²) in [6.07, 6.45) is 3.05. The molecule has 0 bridgehead atoms. The second kappa shape index (κ2) is 19.7. The number of para-hydroxylation sites is 2. The van der Waals surface area contributed by atoms with E-state index in [1.54, 1.807) is 37.5 Å². The highest BCUT2D eigenvalue weighted by atomic mass is 35.5. The molecule has 2 heterocycles. The minimum atomic E-state index is -1.21. The number of carbonyl (C=O) groups excluding carboxylic acids is 6. The van der Waals surface area contributed by atoms with Gasteiger partial charge in [0, 0.05) is 55.6 Å². The number of alkyl halides is 1. The summed E-state index contributed by atoms with van der Waals surface area (Å²) in [6.45, 7) is 0.196. The lowest BCUT2D eigenvalue weighted by molar-refractivity contribution is -0.146. The number of benzene rings is 3. The van der Waals surface area contributed by atoms with Crippen LogP contribution in [0.2, 0.25) is 0 Å². The molecule has 4 aromatic rings. The van der Waals surface area contributed by atoms with Crippen molar-refractivity contribution in [3.8, 4) is 0 Å². The van der Waals surface area contributed by atoms with E-state index in [-0.39, 0.29) is 38.6 Å². The zero-order valence-electron chi connectivity index (χ0n) is 31.3. The highest BCUT2D eigenvalue weighted by Crippen LogP contribution is 2.23. The van der Waals surface area contributed by atoms with Crippen LogP contribution >= 0.6 is 11.6 Å². The highest BCUT2D eigenvalue weighted by molar-refractivity contribution is 6.27. The van der Waals surface area contributed by atoms with E-state index in [1.165, 1.54) is 41.2 Å². The lowest BCUT2D eigenvalue weighted by Gasteiger charge is -2.37. The number of ether oxygens (including phenoxy) is 1. The standard InChI is InChI=1S/C41H46ClFN6O7/c1-48(29-10-4-3-5-11-29)40(54)34(22-26-15-17-28(43)18-16-26)47-38(52)33(23-27-25-44-31-13-7-6-12-30(27)31)46-39(53)35-14-8-9-21-49(35)41(55)32(45-36(50)24-42)19-20-37(51)56-2/h3-7,10-13,15-18,25,32-35,44H,8-9,14,19-24H2,1-2H3,(H,45,50)(H,46,53)(H,47,52)/t32-,33-,34-,35-/m0/s1. The van der Waals surface area contributed by atoms with Gasteiger partial charge in [-0.2, -0.15) is 0 Å². The maximum atomic E-state index is 14.4. The van der Waals surface area contributed by atoms with Crippen LogP contribution < -0.4 is 20.9 Å². The summed E-state index contributed by atoms with van der Waals surface area (Å²) >= 11 is 5.72. The van der Waals surface area contributed by atoms with Crippen LogP contribution in [0.25, 0.3) is 10.9 Å². The Morgan fingerprint density at radius 1 is 0.893 bits per heavy atom. The summed E-state index contributed by atoms with van der Waals surface area (Å²) in [4.78, 5) is 87.0. The topological polar surface area (TPSA) is 170 Å². The van der Waals surface area contributed by atoms with Crippen LogP contribution in [-0.2, 0) is 46.3 Å². The molecule has 1 saturated heterocycles. The molecule has 0 spiro atoms. The monoisotopic (exact) mass is 788 g/mol. The van der Waals surface area contributed by atoms with E-state index in [0.717, 1.165) is 16.5 Å². The largest absolute Gasteiger partial charge is 0.469 e. The molecule has 3 aromatic carbocycles. The number of aromatic nitrogens is 1. The third-order valence-corrected chi connectivity index (χ3v) is 10.1. The number of halogens is 2. The second-order valence-electron chi connectivity index (χ2n) is 13.7. The molecule has 56 heavy (non-hydrogen) atoms. The van der Waals surface area contributed by atoms with Crippen LogP contribution in [0.15, 0.2) is 85.1 Å². The van der Waals surface area contributed by atoms with Gasteiger partial charge < -0.3 is 35.5 Å². The van der Waals surface area contributed by atoms with Crippen LogP contribution in [0.1, 0.15) is 43.2 Å². The summed E-state index contributed by atoms with van der Waals surface area (Å²) in [7, 11) is 2.81. The van der Waals surface area contributed by atoms with Crippen molar-refractivity contribution >= 4 is 63.7 Å². The molecule has 0 unspecified atom stereocenters. The fourth-order valence-electron chi connectivity index (χ4n) is 6.86. The number of esters is 1. The van der Waals surface area contributed by atoms with E-state index in [9.17, 15) is 33.2 Å². The van der Waals surface area contributed by atoms with Crippen LogP contribution in [0.4, 0.5) is 10.1 Å². The molecule has 296 valence electrons. The van der Waals surface area contributed by atoms with Crippen LogP contribution in [0.3, 0.4) is 0 Å². The fraction of sp³-hybridized carbons (Fsp3) is 0.366. The Hall–Kier alpha value is -5.76. The van der Waals surface area contributed by atoms with Gasteiger partial charge in [-0.05, 0) is 67.1 Å². The zero-order chi connectivity index (χ0) is 40.2. The Labute approximate surface area is 329 Å². The smallest absolute Gasteiger partial charge is 0.305 e. The summed E-state index contributed by atoms with van der Waals surface area (Å²) < 4.78 is 18.6. The average Bonchev–Trinajstić information content (AvgIpc) is 3.64. The van der Waals surface area contributed by atoms with Crippen molar-refractivity contribution in [2.75, 3.05) is 31.5 Å². The molecule has 0 radical (unpaired) electrons. The maximum absolute atomic E-state index is 14.4. The molecule has 1 aromatic heterocycles. The number of rotatable bonds is 16. The van der Waals surface area contributed by atoms with Gasteiger partial charge in [0.25, 0.3) is 0 Å². The number of methoxy groups -OCH3 is 1. The average molecular weight is 789 g/mol. The van der Waals surface area contributed by atoms with Gasteiger partial charge in [-0.3, -0.25) is 28.8 Å². The number of nitrogens with one attached hydrogen (secondary N) is 4. The van der Waals surface area contributed by atoms with Gasteiger partial charge in [-0.25, -0.2) is 4.39 Å². The van der Waals surface area contributed by atoms with Crippen LogP contribution in [-0.4, -0.2) is 96.1 Å². The van der Waals surface area contributed by atoms with E-state index >= 15 is 0 Å². The minimum absolute atomic E-state index is 0.0294. The van der Waals surface area contributed by atoms with Crippen LogP contribution in [0, 0.1) is 5.82 Å². The van der Waals surface area contributed by atoms with E-state index in [1.807, 2.05) is 30.3 Å². The summed E-state index contributed by atoms with van der Waals surface area (Å²) in [5.74, 6) is -4.32. The fourth-order valence-corrected chi connectivity index (χ4v) is 6.94. The van der Waals surface area contributed by atoms with Gasteiger partial charge in [-0.15, -0.1) is 11.6 Å². The predicted molar refractivity (Wildman–Crippen MR) is 209 cm³/mol. The molecular formula is C41H46ClFN6O7. The number of nitrogens with zero attached hydrogens (tertiary/aromatic N) is 2. The number of amides is 5. The lowest BCUT2D eigenvalue weighted by atomic mass is 9.97. The number of anilines is 1. The predicted octanol–water partition coefficient (Wildman–Crippen LogP) is 3.78. The summed E-state index contributed by atoms with van der Waals surface area (Å²) in [6, 6.07) is 17.5. The number of fused-ring (bicyclic) bond motifs is 1. The van der Waals surface area contributed by atoms with E-state index < -0.39 is 71.4 Å². The first-order valence-electron chi connectivity index (χ1n) is 18.4. The minimum Gasteiger partial charge on any atom is -0.469 e. The first-order valence-corrected chi connectivity index (χ1v) is 19.0. The van der Waals surface area contributed by atoms with Gasteiger partial charge in [0.2, 0.25) is 29.5 Å². The molecule has 13 nitrogen and oxygen atoms in total. The number of aromatic amines is 1. The Balaban J connectivity index is 1.44. The van der Waals surface area contributed by atoms with Gasteiger partial charge in [0.15, 0.2) is 0 Å². The molecule has 1 aliphatic rings. The van der Waals surface area contributed by atoms with Gasteiger partial charge in [0.05, 0.1) is 7.11 Å². The van der Waals surface area contributed by atoms with Crippen molar-refractivity contribution in [3.63, 3.8) is 0 Å². The maximum Gasteiger partial charge on any atom is 0.305 e. The van der Waals surface area contributed by atoms with Crippen molar-refractivity contribution in [1.82, 2.24) is 25.8 Å². The molecule has 5 amide bonds. The van der Waals surface area contributed by atoms with E-state index in [4.69, 9.17) is 16.3 Å². The quantitative estimate of drug-likeness (QED) is 0.0990. The number of carbonyl (C=O) groups is 6. The van der Waals surface area contributed by atoms with E-state index in [2.05, 4.69) is 20.9 Å². The molecule has 4 N–H and O–H groups in total. The highest BCUT2D eigenvalue weighted by Gasteiger charge is 2.38. The second-order valence-corrected chi connectivity index (χ2v) is 13.9. The van der Waals surface area contributed by atoms with Gasteiger partial charge in [-0.1, -0.05) is 48.5 Å². The normalized spacial score (nSPS) is 15.6.